The molecule has 0 amide bonds. The van der Waals surface area contributed by atoms with Crippen LogP contribution in [-0.2, 0) is 10.1 Å². The van der Waals surface area contributed by atoms with Gasteiger partial charge in [0.2, 0.25) is 0 Å². The molecule has 0 unspecified atom stereocenters. The average Bonchev–Trinajstić information content (AvgIpc) is 2.18. The molecule has 0 aliphatic rings. The Morgan fingerprint density at radius 2 is 1.94 bits per heavy atom. The van der Waals surface area contributed by atoms with E-state index in [2.05, 4.69) is 4.98 Å². The number of phenolic OH excluding ortho intramolecular Hbond substituents is 1. The molecule has 0 spiro atoms. The fourth-order valence-corrected chi connectivity index (χ4v) is 2.11. The summed E-state index contributed by atoms with van der Waals surface area (Å²) in [4.78, 5) is 3.36. The molecule has 1 aromatic heterocycles. The van der Waals surface area contributed by atoms with Gasteiger partial charge in [-0.25, -0.2) is 0 Å². The minimum Gasteiger partial charge on any atom is -0.504 e. The first-order valence-corrected chi connectivity index (χ1v) is 5.90. The maximum atomic E-state index is 11.0. The van der Waals surface area contributed by atoms with Gasteiger partial charge in [0.15, 0.2) is 5.75 Å². The van der Waals surface area contributed by atoms with Crippen LogP contribution in [0, 0.1) is 6.92 Å². The van der Waals surface area contributed by atoms with E-state index in [9.17, 15) is 13.5 Å². The maximum absolute atomic E-state index is 11.0. The molecular weight excluding hydrogens is 230 g/mol. The first-order chi connectivity index (χ1) is 7.41. The Morgan fingerprint density at radius 1 is 1.25 bits per heavy atom. The summed E-state index contributed by atoms with van der Waals surface area (Å²) >= 11 is 0. The van der Waals surface area contributed by atoms with Gasteiger partial charge in [-0.1, -0.05) is 6.07 Å². The third-order valence-electron chi connectivity index (χ3n) is 2.35. The van der Waals surface area contributed by atoms with Gasteiger partial charge in [-0.05, 0) is 24.6 Å². The second kappa shape index (κ2) is 3.43. The Morgan fingerprint density at radius 3 is 2.56 bits per heavy atom. The molecule has 16 heavy (non-hydrogen) atoms. The summed E-state index contributed by atoms with van der Waals surface area (Å²) in [6.07, 6.45) is 1.46. The highest BCUT2D eigenvalue weighted by Crippen LogP contribution is 2.31. The fourth-order valence-electron chi connectivity index (χ4n) is 1.53. The Hall–Kier alpha value is -1.66. The van der Waals surface area contributed by atoms with Crippen molar-refractivity contribution >= 4 is 21.0 Å². The molecule has 0 aliphatic carbocycles. The minimum atomic E-state index is -4.43. The van der Waals surface area contributed by atoms with Crippen molar-refractivity contribution in [3.8, 4) is 5.75 Å². The standard InChI is InChI=1S/C10H9NO4S/c1-6-4-5-11-9-7(6)2-3-8(10(9)12)16(13,14)15/h2-5,12H,1H3,(H,13,14,15). The van der Waals surface area contributed by atoms with Gasteiger partial charge in [0.25, 0.3) is 10.1 Å². The van der Waals surface area contributed by atoms with Crippen molar-refractivity contribution in [2.45, 2.75) is 11.8 Å². The molecule has 1 heterocycles. The van der Waals surface area contributed by atoms with E-state index in [4.69, 9.17) is 4.55 Å². The van der Waals surface area contributed by atoms with E-state index in [0.29, 0.717) is 5.39 Å². The molecule has 0 aliphatic heterocycles. The van der Waals surface area contributed by atoms with Crippen LogP contribution < -0.4 is 0 Å². The molecule has 0 radical (unpaired) electrons. The molecule has 84 valence electrons. The van der Waals surface area contributed by atoms with Crippen LogP contribution in [-0.4, -0.2) is 23.1 Å². The predicted octanol–water partition coefficient (Wildman–Crippen LogP) is 1.50. The zero-order valence-electron chi connectivity index (χ0n) is 8.38. The highest BCUT2D eigenvalue weighted by Gasteiger charge is 2.18. The highest BCUT2D eigenvalue weighted by molar-refractivity contribution is 7.86. The average molecular weight is 239 g/mol. The molecule has 0 saturated carbocycles. The van der Waals surface area contributed by atoms with Gasteiger partial charge in [-0.15, -0.1) is 0 Å². The molecule has 2 N–H and O–H groups in total. The van der Waals surface area contributed by atoms with Crippen molar-refractivity contribution in [1.29, 1.82) is 0 Å². The van der Waals surface area contributed by atoms with E-state index in [0.717, 1.165) is 11.6 Å². The minimum absolute atomic E-state index is 0.162. The number of aryl methyl sites for hydroxylation is 1. The molecule has 1 aromatic carbocycles. The van der Waals surface area contributed by atoms with E-state index in [-0.39, 0.29) is 5.52 Å². The summed E-state index contributed by atoms with van der Waals surface area (Å²) in [6.45, 7) is 1.82. The number of phenols is 1. The molecule has 0 saturated heterocycles. The van der Waals surface area contributed by atoms with Crippen LogP contribution >= 0.6 is 0 Å². The number of aromatic nitrogens is 1. The number of rotatable bonds is 1. The van der Waals surface area contributed by atoms with Gasteiger partial charge in [0, 0.05) is 11.6 Å². The van der Waals surface area contributed by atoms with Gasteiger partial charge >= 0.3 is 0 Å². The van der Waals surface area contributed by atoms with Crippen LogP contribution in [0.1, 0.15) is 5.56 Å². The van der Waals surface area contributed by atoms with Gasteiger partial charge < -0.3 is 5.11 Å². The normalized spacial score (nSPS) is 11.9. The van der Waals surface area contributed by atoms with Crippen molar-refractivity contribution < 1.29 is 18.1 Å². The van der Waals surface area contributed by atoms with Gasteiger partial charge in [0.1, 0.15) is 10.4 Å². The largest absolute Gasteiger partial charge is 0.504 e. The maximum Gasteiger partial charge on any atom is 0.298 e. The van der Waals surface area contributed by atoms with Crippen LogP contribution in [0.3, 0.4) is 0 Å². The van der Waals surface area contributed by atoms with Crippen LogP contribution in [0.2, 0.25) is 0 Å². The van der Waals surface area contributed by atoms with Crippen molar-refractivity contribution in [2.75, 3.05) is 0 Å². The Bertz CT molecular complexity index is 664. The first kappa shape index (κ1) is 10.8. The lowest BCUT2D eigenvalue weighted by molar-refractivity contribution is 0.447. The lowest BCUT2D eigenvalue weighted by Gasteiger charge is -2.06. The molecule has 0 atom stereocenters. The summed E-state index contributed by atoms with van der Waals surface area (Å²) in [7, 11) is -4.43. The van der Waals surface area contributed by atoms with Crippen molar-refractivity contribution in [3.63, 3.8) is 0 Å². The third kappa shape index (κ3) is 1.62. The number of benzene rings is 1. The summed E-state index contributed by atoms with van der Waals surface area (Å²) in [5.41, 5.74) is 1.03. The summed E-state index contributed by atoms with van der Waals surface area (Å²) < 4.78 is 30.8. The Balaban J connectivity index is 2.92. The number of pyridine rings is 1. The SMILES string of the molecule is Cc1ccnc2c(O)c(S(=O)(=O)O)ccc12. The highest BCUT2D eigenvalue weighted by atomic mass is 32.2. The summed E-state index contributed by atoms with van der Waals surface area (Å²) in [6, 6.07) is 4.40. The second-order valence-corrected chi connectivity index (χ2v) is 4.80. The quantitative estimate of drug-likeness (QED) is 0.736. The topological polar surface area (TPSA) is 87.5 Å². The van der Waals surface area contributed by atoms with E-state index in [1.54, 1.807) is 6.07 Å². The van der Waals surface area contributed by atoms with Crippen LogP contribution in [0.25, 0.3) is 10.9 Å². The van der Waals surface area contributed by atoms with E-state index >= 15 is 0 Å². The first-order valence-electron chi connectivity index (χ1n) is 4.46. The molecule has 6 heteroatoms. The van der Waals surface area contributed by atoms with Crippen molar-refractivity contribution in [3.05, 3.63) is 30.0 Å². The summed E-state index contributed by atoms with van der Waals surface area (Å²) in [5, 5.41) is 10.4. The fraction of sp³-hybridized carbons (Fsp3) is 0.100. The number of hydrogen-bond donors (Lipinski definition) is 2. The monoisotopic (exact) mass is 239 g/mol. The summed E-state index contributed by atoms with van der Waals surface area (Å²) in [5.74, 6) is -0.524. The van der Waals surface area contributed by atoms with Crippen LogP contribution in [0.5, 0.6) is 5.75 Å². The number of aromatic hydroxyl groups is 1. The second-order valence-electron chi connectivity index (χ2n) is 3.41. The lowest BCUT2D eigenvalue weighted by Crippen LogP contribution is -1.99. The molecule has 2 rings (SSSR count). The van der Waals surface area contributed by atoms with Crippen molar-refractivity contribution in [1.82, 2.24) is 4.98 Å². The smallest absolute Gasteiger partial charge is 0.298 e. The number of hydrogen-bond acceptors (Lipinski definition) is 4. The van der Waals surface area contributed by atoms with Gasteiger partial charge in [-0.3, -0.25) is 9.54 Å². The molecule has 0 fully saturated rings. The van der Waals surface area contributed by atoms with E-state index < -0.39 is 20.8 Å². The third-order valence-corrected chi connectivity index (χ3v) is 3.23. The molecular formula is C10H9NO4S. The Labute approximate surface area is 92.1 Å². The zero-order chi connectivity index (χ0) is 11.9. The predicted molar refractivity (Wildman–Crippen MR) is 58.0 cm³/mol. The molecule has 5 nitrogen and oxygen atoms in total. The van der Waals surface area contributed by atoms with Crippen LogP contribution in [0.15, 0.2) is 29.3 Å². The van der Waals surface area contributed by atoms with E-state index in [1.807, 2.05) is 6.92 Å². The zero-order valence-corrected chi connectivity index (χ0v) is 9.19. The number of fused-ring (bicyclic) bond motifs is 1. The molecule has 2 aromatic rings. The van der Waals surface area contributed by atoms with Crippen molar-refractivity contribution in [2.24, 2.45) is 0 Å². The number of nitrogens with zero attached hydrogens (tertiary/aromatic N) is 1. The van der Waals surface area contributed by atoms with Gasteiger partial charge in [-0.2, -0.15) is 8.42 Å². The van der Waals surface area contributed by atoms with E-state index in [1.165, 1.54) is 12.3 Å². The van der Waals surface area contributed by atoms with Crippen LogP contribution in [0.4, 0.5) is 0 Å². The Kier molecular flexibility index (Phi) is 2.32. The van der Waals surface area contributed by atoms with Gasteiger partial charge in [0.05, 0.1) is 0 Å². The lowest BCUT2D eigenvalue weighted by atomic mass is 10.1. The molecule has 0 bridgehead atoms.